The highest BCUT2D eigenvalue weighted by atomic mass is 19.1. The van der Waals surface area contributed by atoms with E-state index < -0.39 is 0 Å². The summed E-state index contributed by atoms with van der Waals surface area (Å²) in [6.45, 7) is 2.09. The van der Waals surface area contributed by atoms with Crippen molar-refractivity contribution < 1.29 is 4.39 Å². The summed E-state index contributed by atoms with van der Waals surface area (Å²) in [5.74, 6) is 0.791. The van der Waals surface area contributed by atoms with Crippen LogP contribution in [0.3, 0.4) is 0 Å². The number of hydrogen-bond donors (Lipinski definition) is 1. The first-order valence-corrected chi connectivity index (χ1v) is 9.77. The molecule has 0 spiro atoms. The summed E-state index contributed by atoms with van der Waals surface area (Å²) < 4.78 is 17.8. The van der Waals surface area contributed by atoms with Crippen LogP contribution < -0.4 is 5.73 Å². The Balaban J connectivity index is 1.58. The predicted octanol–water partition coefficient (Wildman–Crippen LogP) is 3.97. The van der Waals surface area contributed by atoms with Gasteiger partial charge in [-0.2, -0.15) is 0 Å². The molecule has 1 unspecified atom stereocenters. The molecule has 8 heteroatoms. The Hall–Kier alpha value is -3.03. The predicted molar refractivity (Wildman–Crippen MR) is 105 cm³/mol. The highest BCUT2D eigenvalue weighted by Gasteiger charge is 2.31. The maximum atomic E-state index is 14.2. The average Bonchev–Trinajstić information content (AvgIpc) is 3.31. The molecule has 5 rings (SSSR count). The Labute approximate surface area is 161 Å². The van der Waals surface area contributed by atoms with Crippen LogP contribution >= 0.6 is 0 Å². The van der Waals surface area contributed by atoms with Crippen molar-refractivity contribution >= 4 is 22.5 Å². The quantitative estimate of drug-likeness (QED) is 0.725. The number of allylic oxidation sites excluding steroid dienone is 4. The van der Waals surface area contributed by atoms with Crippen LogP contribution in [0.15, 0.2) is 36.7 Å². The lowest BCUT2D eigenvalue weighted by molar-refractivity contribution is 0.563. The van der Waals surface area contributed by atoms with Crippen molar-refractivity contribution in [1.82, 2.24) is 29.5 Å². The highest BCUT2D eigenvalue weighted by Crippen LogP contribution is 2.45. The smallest absolute Gasteiger partial charge is 0.146 e. The molecule has 2 aliphatic rings. The number of nitrogens with zero attached hydrogens (tertiary/aromatic N) is 6. The number of nitrogen functional groups attached to an aromatic ring is 1. The molecule has 1 fully saturated rings. The van der Waals surface area contributed by atoms with E-state index in [1.54, 1.807) is 6.08 Å². The topological polar surface area (TPSA) is 87.4 Å². The monoisotopic (exact) mass is 379 g/mol. The third-order valence-electron chi connectivity index (χ3n) is 5.58. The molecular formula is C20H22FN7. The molecule has 3 aromatic heterocycles. The molecule has 28 heavy (non-hydrogen) atoms. The molecule has 0 bridgehead atoms. The minimum atomic E-state index is -0.251. The third-order valence-corrected chi connectivity index (χ3v) is 5.58. The van der Waals surface area contributed by atoms with Crippen LogP contribution in [0.25, 0.3) is 16.7 Å². The van der Waals surface area contributed by atoms with Gasteiger partial charge in [0.15, 0.2) is 0 Å². The zero-order valence-electron chi connectivity index (χ0n) is 15.7. The molecule has 1 atom stereocenters. The van der Waals surface area contributed by atoms with Crippen LogP contribution in [0.1, 0.15) is 62.2 Å². The Morgan fingerprint density at radius 1 is 1.21 bits per heavy atom. The van der Waals surface area contributed by atoms with Gasteiger partial charge in [-0.05, 0) is 49.7 Å². The summed E-state index contributed by atoms with van der Waals surface area (Å²) in [5, 5.41) is 9.48. The van der Waals surface area contributed by atoms with E-state index in [1.807, 2.05) is 12.3 Å². The standard InChI is InChI=1S/C20H22FN7/c1-2-16(15-10-28(26-25-15)17-6-4-3-5-14(17)21)27-9-13(12-7-8-12)18-19(22)23-11-24-20(18)27/h5-6,9-12,16H,2-4,7-8H2,1H3,(H2,22,23,24). The molecule has 2 N–H and O–H groups in total. The minimum absolute atomic E-state index is 0.0609. The second kappa shape index (κ2) is 6.54. The summed E-state index contributed by atoms with van der Waals surface area (Å²) in [5.41, 5.74) is 9.45. The fourth-order valence-corrected chi connectivity index (χ4v) is 4.01. The van der Waals surface area contributed by atoms with Gasteiger partial charge >= 0.3 is 0 Å². The van der Waals surface area contributed by atoms with Crippen LogP contribution in [0.4, 0.5) is 10.2 Å². The summed E-state index contributed by atoms with van der Waals surface area (Å²) in [6, 6.07) is -0.0609. The van der Waals surface area contributed by atoms with Crippen molar-refractivity contribution in [2.45, 2.75) is 51.0 Å². The van der Waals surface area contributed by atoms with E-state index in [2.05, 4.69) is 38.0 Å². The maximum Gasteiger partial charge on any atom is 0.146 e. The maximum absolute atomic E-state index is 14.2. The van der Waals surface area contributed by atoms with Gasteiger partial charge in [0.2, 0.25) is 0 Å². The van der Waals surface area contributed by atoms with E-state index in [0.29, 0.717) is 17.4 Å². The van der Waals surface area contributed by atoms with Crippen molar-refractivity contribution in [3.63, 3.8) is 0 Å². The number of halogens is 1. The second-order valence-electron chi connectivity index (χ2n) is 7.45. The molecular weight excluding hydrogens is 357 g/mol. The van der Waals surface area contributed by atoms with Crippen LogP contribution in [-0.2, 0) is 0 Å². The SMILES string of the molecule is CCC(c1cn(C2=CCCC=C2F)nn1)n1cc(C2CC2)c2c(N)ncnc21. The fraction of sp³-hybridized carbons (Fsp3) is 0.400. The Bertz CT molecular complexity index is 1100. The number of rotatable bonds is 5. The summed E-state index contributed by atoms with van der Waals surface area (Å²) >= 11 is 0. The summed E-state index contributed by atoms with van der Waals surface area (Å²) in [4.78, 5) is 8.70. The third kappa shape index (κ3) is 2.71. The van der Waals surface area contributed by atoms with Gasteiger partial charge in [-0.15, -0.1) is 5.10 Å². The molecule has 0 aromatic carbocycles. The van der Waals surface area contributed by atoms with Gasteiger partial charge in [-0.25, -0.2) is 19.0 Å². The molecule has 0 aliphatic heterocycles. The first-order chi connectivity index (χ1) is 13.7. The lowest BCUT2D eigenvalue weighted by Crippen LogP contribution is -2.10. The largest absolute Gasteiger partial charge is 0.383 e. The fourth-order valence-electron chi connectivity index (χ4n) is 4.01. The van der Waals surface area contributed by atoms with Crippen LogP contribution in [0.2, 0.25) is 0 Å². The second-order valence-corrected chi connectivity index (χ2v) is 7.45. The summed E-state index contributed by atoms with van der Waals surface area (Å²) in [7, 11) is 0. The Kier molecular flexibility index (Phi) is 3.99. The van der Waals surface area contributed by atoms with E-state index in [9.17, 15) is 4.39 Å². The molecule has 3 heterocycles. The minimum Gasteiger partial charge on any atom is -0.383 e. The van der Waals surface area contributed by atoms with Gasteiger partial charge in [0, 0.05) is 6.20 Å². The van der Waals surface area contributed by atoms with Gasteiger partial charge in [0.05, 0.1) is 23.3 Å². The van der Waals surface area contributed by atoms with Crippen LogP contribution in [0.5, 0.6) is 0 Å². The van der Waals surface area contributed by atoms with Gasteiger partial charge in [0.1, 0.15) is 29.3 Å². The highest BCUT2D eigenvalue weighted by molar-refractivity contribution is 5.90. The average molecular weight is 379 g/mol. The first kappa shape index (κ1) is 17.1. The number of nitrogens with two attached hydrogens (primary N) is 1. The molecule has 7 nitrogen and oxygen atoms in total. The van der Waals surface area contributed by atoms with Gasteiger partial charge < -0.3 is 10.3 Å². The number of aromatic nitrogens is 6. The molecule has 0 amide bonds. The van der Waals surface area contributed by atoms with E-state index in [0.717, 1.165) is 36.0 Å². The van der Waals surface area contributed by atoms with Crippen LogP contribution in [0, 0.1) is 0 Å². The van der Waals surface area contributed by atoms with Crippen molar-refractivity contribution in [3.8, 4) is 0 Å². The van der Waals surface area contributed by atoms with E-state index in [4.69, 9.17) is 5.73 Å². The Morgan fingerprint density at radius 3 is 2.79 bits per heavy atom. The van der Waals surface area contributed by atoms with Crippen LogP contribution in [-0.4, -0.2) is 29.5 Å². The van der Waals surface area contributed by atoms with Gasteiger partial charge in [-0.3, -0.25) is 0 Å². The molecule has 2 aliphatic carbocycles. The first-order valence-electron chi connectivity index (χ1n) is 9.77. The number of hydrogen-bond acceptors (Lipinski definition) is 5. The normalized spacial score (nSPS) is 18.2. The molecule has 144 valence electrons. The molecule has 1 saturated carbocycles. The zero-order chi connectivity index (χ0) is 19.3. The summed E-state index contributed by atoms with van der Waals surface area (Å²) in [6.07, 6.45) is 13.6. The molecule has 0 saturated heterocycles. The van der Waals surface area contributed by atoms with Crippen molar-refractivity contribution in [3.05, 3.63) is 48.0 Å². The lowest BCUT2D eigenvalue weighted by atomic mass is 10.1. The number of anilines is 1. The van der Waals surface area contributed by atoms with E-state index >= 15 is 0 Å². The van der Waals surface area contributed by atoms with Gasteiger partial charge in [0.25, 0.3) is 0 Å². The Morgan fingerprint density at radius 2 is 2.04 bits per heavy atom. The zero-order valence-corrected chi connectivity index (χ0v) is 15.7. The molecule has 3 aromatic rings. The van der Waals surface area contributed by atoms with E-state index in [1.165, 1.54) is 29.4 Å². The number of fused-ring (bicyclic) bond motifs is 1. The van der Waals surface area contributed by atoms with Crippen molar-refractivity contribution in [1.29, 1.82) is 0 Å². The van der Waals surface area contributed by atoms with E-state index in [-0.39, 0.29) is 11.9 Å². The molecule has 0 radical (unpaired) electrons. The van der Waals surface area contributed by atoms with Crippen molar-refractivity contribution in [2.75, 3.05) is 5.73 Å². The van der Waals surface area contributed by atoms with Gasteiger partial charge in [-0.1, -0.05) is 18.2 Å². The lowest BCUT2D eigenvalue weighted by Gasteiger charge is -2.15. The van der Waals surface area contributed by atoms with Crippen molar-refractivity contribution in [2.24, 2.45) is 0 Å².